The average molecular weight is 466 g/mol. The van der Waals surface area contributed by atoms with Crippen LogP contribution in [0.2, 0.25) is 0 Å². The number of nitrogens with one attached hydrogen (secondary N) is 1. The number of hydrogen-bond donors (Lipinski definition) is 2. The third kappa shape index (κ3) is 4.48. The summed E-state index contributed by atoms with van der Waals surface area (Å²) in [6.07, 6.45) is 3.74. The van der Waals surface area contributed by atoms with Gasteiger partial charge in [-0.15, -0.1) is 0 Å². The van der Waals surface area contributed by atoms with E-state index in [1.54, 1.807) is 18.2 Å². The number of aliphatic hydroxyl groups is 1. The number of hydrogen-bond acceptors (Lipinski definition) is 7. The predicted molar refractivity (Wildman–Crippen MR) is 119 cm³/mol. The van der Waals surface area contributed by atoms with Crippen LogP contribution in [0.4, 0.5) is 5.13 Å². The molecule has 0 bridgehead atoms. The molecule has 0 spiro atoms. The first kappa shape index (κ1) is 22.2. The number of rotatable bonds is 6. The number of nitrogens with zero attached hydrogens (tertiary/aromatic N) is 2. The highest BCUT2D eigenvalue weighted by atomic mass is 32.2. The Morgan fingerprint density at radius 1 is 1.29 bits per heavy atom. The molecule has 2 fully saturated rings. The van der Waals surface area contributed by atoms with Crippen molar-refractivity contribution in [3.8, 4) is 16.2 Å². The molecule has 1 amide bonds. The lowest BCUT2D eigenvalue weighted by Crippen LogP contribution is -2.30. The minimum Gasteiger partial charge on any atom is -0.495 e. The first-order chi connectivity index (χ1) is 14.8. The van der Waals surface area contributed by atoms with Gasteiger partial charge in [0, 0.05) is 19.0 Å². The van der Waals surface area contributed by atoms with Gasteiger partial charge in [0.2, 0.25) is 15.9 Å². The maximum absolute atomic E-state index is 13.2. The molecular formula is C21H27N3O5S2. The second-order valence-corrected chi connectivity index (χ2v) is 11.0. The fraction of sp³-hybridized carbons (Fsp3) is 0.524. The van der Waals surface area contributed by atoms with Gasteiger partial charge in [-0.2, -0.15) is 4.31 Å². The first-order valence-electron chi connectivity index (χ1n) is 10.4. The zero-order valence-corrected chi connectivity index (χ0v) is 19.3. The summed E-state index contributed by atoms with van der Waals surface area (Å²) in [5, 5.41) is 13.2. The van der Waals surface area contributed by atoms with Gasteiger partial charge in [0.05, 0.1) is 23.8 Å². The number of carbonyl (C=O) groups excluding carboxylic acids is 1. The van der Waals surface area contributed by atoms with Gasteiger partial charge >= 0.3 is 0 Å². The summed E-state index contributed by atoms with van der Waals surface area (Å²) in [5.74, 6) is 0.298. The van der Waals surface area contributed by atoms with Crippen molar-refractivity contribution in [2.45, 2.75) is 50.0 Å². The molecule has 4 rings (SSSR count). The van der Waals surface area contributed by atoms with Crippen molar-refractivity contribution >= 4 is 32.4 Å². The van der Waals surface area contributed by atoms with Crippen LogP contribution in [0.25, 0.3) is 10.4 Å². The van der Waals surface area contributed by atoms with Crippen molar-refractivity contribution in [3.05, 3.63) is 23.9 Å². The van der Waals surface area contributed by atoms with Crippen LogP contribution in [-0.4, -0.2) is 55.0 Å². The van der Waals surface area contributed by atoms with E-state index >= 15 is 0 Å². The maximum Gasteiger partial charge on any atom is 0.246 e. The Labute approximate surface area is 186 Å². The molecule has 10 heteroatoms. The number of ether oxygens (including phenoxy) is 1. The number of β-amino-alcohol motifs (C(OH)–C–C–N with tert-alkyl or cyclic N) is 1. The predicted octanol–water partition coefficient (Wildman–Crippen LogP) is 3.01. The zero-order valence-electron chi connectivity index (χ0n) is 17.6. The molecule has 1 saturated carbocycles. The van der Waals surface area contributed by atoms with Gasteiger partial charge in [-0.1, -0.05) is 24.2 Å². The second kappa shape index (κ2) is 8.85. The van der Waals surface area contributed by atoms with Crippen LogP contribution < -0.4 is 10.1 Å². The molecule has 1 aliphatic carbocycles. The summed E-state index contributed by atoms with van der Waals surface area (Å²) in [6.45, 7) is 2.19. The van der Waals surface area contributed by atoms with Gasteiger partial charge in [0.15, 0.2) is 5.13 Å². The number of thiazole rings is 1. The van der Waals surface area contributed by atoms with E-state index < -0.39 is 16.1 Å². The number of aliphatic hydroxyl groups excluding tert-OH is 1. The zero-order chi connectivity index (χ0) is 22.2. The van der Waals surface area contributed by atoms with E-state index in [4.69, 9.17) is 4.74 Å². The first-order valence-corrected chi connectivity index (χ1v) is 12.7. The van der Waals surface area contributed by atoms with E-state index in [0.29, 0.717) is 17.1 Å². The normalized spacial score (nSPS) is 20.3. The van der Waals surface area contributed by atoms with Crippen molar-refractivity contribution in [1.29, 1.82) is 0 Å². The molecule has 1 saturated heterocycles. The summed E-state index contributed by atoms with van der Waals surface area (Å²) >= 11 is 1.33. The molecule has 1 aliphatic heterocycles. The highest BCUT2D eigenvalue weighted by molar-refractivity contribution is 7.89. The van der Waals surface area contributed by atoms with Gasteiger partial charge in [-0.3, -0.25) is 4.79 Å². The summed E-state index contributed by atoms with van der Waals surface area (Å²) in [4.78, 5) is 17.8. The number of aromatic nitrogens is 1. The van der Waals surface area contributed by atoms with Gasteiger partial charge in [-0.25, -0.2) is 13.4 Å². The van der Waals surface area contributed by atoms with Crippen molar-refractivity contribution in [2.75, 3.05) is 25.5 Å². The minimum absolute atomic E-state index is 0.00314. The van der Waals surface area contributed by atoms with E-state index in [-0.39, 0.29) is 35.6 Å². The van der Waals surface area contributed by atoms with Crippen LogP contribution in [0.1, 0.15) is 37.8 Å². The Morgan fingerprint density at radius 3 is 2.68 bits per heavy atom. The van der Waals surface area contributed by atoms with Gasteiger partial charge in [-0.05, 0) is 49.9 Å². The molecule has 1 atom stereocenters. The third-order valence-corrected chi connectivity index (χ3v) is 8.93. The van der Waals surface area contributed by atoms with E-state index in [9.17, 15) is 18.3 Å². The van der Waals surface area contributed by atoms with Crippen LogP contribution in [0.15, 0.2) is 23.1 Å². The summed E-state index contributed by atoms with van der Waals surface area (Å²) in [7, 11) is -2.39. The van der Waals surface area contributed by atoms with E-state index in [2.05, 4.69) is 10.3 Å². The lowest BCUT2D eigenvalue weighted by Gasteiger charge is -2.18. The van der Waals surface area contributed by atoms with Crippen LogP contribution in [0.5, 0.6) is 5.75 Å². The molecule has 2 aliphatic rings. The molecular weight excluding hydrogens is 438 g/mol. The van der Waals surface area contributed by atoms with E-state index in [1.807, 2.05) is 6.92 Å². The lowest BCUT2D eigenvalue weighted by atomic mass is 10.1. The Morgan fingerprint density at radius 2 is 2.03 bits per heavy atom. The Kier molecular flexibility index (Phi) is 6.34. The quantitative estimate of drug-likeness (QED) is 0.679. The summed E-state index contributed by atoms with van der Waals surface area (Å²) in [5.41, 5.74) is 1.41. The molecule has 8 nitrogen and oxygen atoms in total. The highest BCUT2D eigenvalue weighted by Crippen LogP contribution is 2.38. The Balaban J connectivity index is 1.64. The van der Waals surface area contributed by atoms with Gasteiger partial charge < -0.3 is 15.2 Å². The number of anilines is 1. The number of methoxy groups -OCH3 is 1. The lowest BCUT2D eigenvalue weighted by molar-refractivity contribution is -0.119. The molecule has 1 aromatic heterocycles. The van der Waals surface area contributed by atoms with Gasteiger partial charge in [0.25, 0.3) is 0 Å². The molecule has 0 radical (unpaired) electrons. The van der Waals surface area contributed by atoms with Crippen molar-refractivity contribution in [3.63, 3.8) is 0 Å². The Hall–Kier alpha value is -2.01. The topological polar surface area (TPSA) is 109 Å². The van der Waals surface area contributed by atoms with E-state index in [1.165, 1.54) is 22.8 Å². The largest absolute Gasteiger partial charge is 0.495 e. The number of aryl methyl sites for hydroxylation is 1. The molecule has 1 aromatic carbocycles. The Bertz CT molecular complexity index is 1080. The van der Waals surface area contributed by atoms with Crippen LogP contribution in [-0.2, 0) is 14.8 Å². The van der Waals surface area contributed by atoms with Crippen molar-refractivity contribution in [1.82, 2.24) is 9.29 Å². The van der Waals surface area contributed by atoms with Gasteiger partial charge in [0.1, 0.15) is 10.6 Å². The number of carbonyl (C=O) groups is 1. The highest BCUT2D eigenvalue weighted by Gasteiger charge is 2.34. The number of benzene rings is 1. The number of sulfonamides is 1. The van der Waals surface area contributed by atoms with Crippen LogP contribution in [0.3, 0.4) is 0 Å². The molecule has 1 unspecified atom stereocenters. The van der Waals surface area contributed by atoms with E-state index in [0.717, 1.165) is 36.3 Å². The summed E-state index contributed by atoms with van der Waals surface area (Å²) in [6, 6.07) is 5.01. The van der Waals surface area contributed by atoms with Crippen LogP contribution >= 0.6 is 11.3 Å². The van der Waals surface area contributed by atoms with Crippen molar-refractivity contribution < 1.29 is 23.1 Å². The smallest absolute Gasteiger partial charge is 0.246 e. The monoisotopic (exact) mass is 465 g/mol. The molecule has 2 N–H and O–H groups in total. The molecule has 2 heterocycles. The molecule has 2 aromatic rings. The maximum atomic E-state index is 13.2. The molecule has 168 valence electrons. The SMILES string of the molecule is COc1ccc(-c2sc(NC(=O)C3CCCC3)nc2C)cc1S(=O)(=O)N1CCC(O)C1. The number of amides is 1. The average Bonchev–Trinajstić information content (AvgIpc) is 3.49. The van der Waals surface area contributed by atoms with Crippen molar-refractivity contribution in [2.24, 2.45) is 5.92 Å². The minimum atomic E-state index is -3.82. The van der Waals surface area contributed by atoms with Crippen LogP contribution in [0, 0.1) is 12.8 Å². The standard InChI is InChI=1S/C21H27N3O5S2/c1-13-19(30-21(22-13)23-20(26)14-5-3-4-6-14)15-7-8-17(29-2)18(11-15)31(27,28)24-10-9-16(25)12-24/h7-8,11,14,16,25H,3-6,9-10,12H2,1-2H3,(H,22,23,26). The fourth-order valence-electron chi connectivity index (χ4n) is 4.20. The second-order valence-electron chi connectivity index (χ2n) is 8.08. The summed E-state index contributed by atoms with van der Waals surface area (Å²) < 4.78 is 33.0. The molecule has 31 heavy (non-hydrogen) atoms. The third-order valence-electron chi connectivity index (χ3n) is 5.92. The fourth-order valence-corrected chi connectivity index (χ4v) is 6.84.